The third kappa shape index (κ3) is 3.95. The number of aromatic nitrogens is 2. The highest BCUT2D eigenvalue weighted by molar-refractivity contribution is 7.92. The van der Waals surface area contributed by atoms with Gasteiger partial charge in [-0.1, -0.05) is 30.3 Å². The largest absolute Gasteiger partial charge is 0.468 e. The molecule has 0 amide bonds. The molecule has 0 spiro atoms. The van der Waals surface area contributed by atoms with Crippen LogP contribution in [0.5, 0.6) is 0 Å². The van der Waals surface area contributed by atoms with Gasteiger partial charge in [0.1, 0.15) is 5.76 Å². The molecule has 6 nitrogen and oxygen atoms in total. The summed E-state index contributed by atoms with van der Waals surface area (Å²) in [5.41, 5.74) is 4.07. The minimum absolute atomic E-state index is 0.166. The summed E-state index contributed by atoms with van der Waals surface area (Å²) in [7, 11) is -1.73. The topological polar surface area (TPSA) is 68.3 Å². The van der Waals surface area contributed by atoms with Gasteiger partial charge in [0, 0.05) is 18.1 Å². The number of fused-ring (bicyclic) bond motifs is 1. The number of sulfonamides is 1. The zero-order chi connectivity index (χ0) is 19.6. The van der Waals surface area contributed by atoms with Crippen LogP contribution in [0, 0.1) is 0 Å². The molecule has 0 fully saturated rings. The molecule has 0 atom stereocenters. The maximum absolute atomic E-state index is 13.1. The molecule has 2 heterocycles. The Morgan fingerprint density at radius 3 is 2.71 bits per heavy atom. The molecular weight excluding hydrogens is 374 g/mol. The van der Waals surface area contributed by atoms with E-state index in [4.69, 9.17) is 4.42 Å². The van der Waals surface area contributed by atoms with Gasteiger partial charge < -0.3 is 4.42 Å². The van der Waals surface area contributed by atoms with Crippen LogP contribution in [0.3, 0.4) is 0 Å². The van der Waals surface area contributed by atoms with E-state index in [1.165, 1.54) is 21.0 Å². The van der Waals surface area contributed by atoms with E-state index in [1.807, 2.05) is 42.1 Å². The van der Waals surface area contributed by atoms with Crippen molar-refractivity contribution in [2.45, 2.75) is 32.4 Å². The molecule has 0 bridgehead atoms. The summed E-state index contributed by atoms with van der Waals surface area (Å²) >= 11 is 0. The zero-order valence-corrected chi connectivity index (χ0v) is 16.6. The zero-order valence-electron chi connectivity index (χ0n) is 15.8. The lowest BCUT2D eigenvalue weighted by Crippen LogP contribution is -2.29. The van der Waals surface area contributed by atoms with Crippen LogP contribution in [0.15, 0.2) is 58.6 Å². The smallest absolute Gasteiger partial charge is 0.237 e. The molecule has 2 aromatic heterocycles. The van der Waals surface area contributed by atoms with Crippen LogP contribution in [0.4, 0.5) is 0 Å². The fourth-order valence-electron chi connectivity index (χ4n) is 3.62. The summed E-state index contributed by atoms with van der Waals surface area (Å²) in [6.45, 7) is 0.394. The monoisotopic (exact) mass is 397 g/mol. The van der Waals surface area contributed by atoms with Crippen LogP contribution < -0.4 is 0 Å². The van der Waals surface area contributed by atoms with Gasteiger partial charge in [-0.15, -0.1) is 0 Å². The van der Waals surface area contributed by atoms with Gasteiger partial charge in [0.15, 0.2) is 0 Å². The number of hydrogen-bond acceptors (Lipinski definition) is 4. The first kappa shape index (κ1) is 18.7. The van der Waals surface area contributed by atoms with Gasteiger partial charge in [-0.2, -0.15) is 9.40 Å². The normalized spacial score (nSPS) is 14.2. The highest BCUT2D eigenvalue weighted by Crippen LogP contribution is 2.27. The summed E-state index contributed by atoms with van der Waals surface area (Å²) in [5, 5.41) is 5.85. The lowest BCUT2D eigenvalue weighted by molar-refractivity contribution is 0.358. The number of hydrogen-bond donors (Lipinski definition) is 0. The second-order valence-corrected chi connectivity index (χ2v) is 8.77. The Morgan fingerprint density at radius 2 is 1.96 bits per heavy atom. The van der Waals surface area contributed by atoms with Gasteiger partial charge in [-0.25, -0.2) is 8.42 Å². The Hall–Kier alpha value is -2.64. The molecule has 7 heteroatoms. The Labute approximate surface area is 165 Å². The van der Waals surface area contributed by atoms with Crippen molar-refractivity contribution in [3.05, 3.63) is 82.4 Å². The molecule has 0 saturated heterocycles. The molecule has 4 rings (SSSR count). The minimum Gasteiger partial charge on any atom is -0.468 e. The Balaban J connectivity index is 1.63. The predicted molar refractivity (Wildman–Crippen MR) is 108 cm³/mol. The van der Waals surface area contributed by atoms with Gasteiger partial charge in [0.05, 0.1) is 25.0 Å². The lowest BCUT2D eigenvalue weighted by atomic mass is 10.2. The van der Waals surface area contributed by atoms with Crippen molar-refractivity contribution in [3.63, 3.8) is 0 Å². The van der Waals surface area contributed by atoms with E-state index in [2.05, 4.69) is 5.10 Å². The maximum Gasteiger partial charge on any atom is 0.237 e. The molecule has 1 aliphatic rings. The summed E-state index contributed by atoms with van der Waals surface area (Å²) in [6, 6.07) is 12.9. The van der Waals surface area contributed by atoms with Crippen LogP contribution in [0.2, 0.25) is 0 Å². The molecule has 146 valence electrons. The van der Waals surface area contributed by atoms with Crippen molar-refractivity contribution in [2.24, 2.45) is 7.05 Å². The number of aryl methyl sites for hydroxylation is 1. The van der Waals surface area contributed by atoms with Crippen LogP contribution in [-0.4, -0.2) is 22.5 Å². The van der Waals surface area contributed by atoms with Crippen LogP contribution >= 0.6 is 0 Å². The fraction of sp³-hybridized carbons (Fsp3) is 0.286. The summed E-state index contributed by atoms with van der Waals surface area (Å²) < 4.78 is 34.9. The second-order valence-electron chi connectivity index (χ2n) is 6.95. The van der Waals surface area contributed by atoms with E-state index in [0.717, 1.165) is 30.5 Å². The number of furan rings is 1. The average molecular weight is 398 g/mol. The Morgan fingerprint density at radius 1 is 1.14 bits per heavy atom. The third-order valence-electron chi connectivity index (χ3n) is 5.03. The summed E-state index contributed by atoms with van der Waals surface area (Å²) in [6.07, 6.45) is 6.21. The molecule has 0 unspecified atom stereocenters. The first-order valence-corrected chi connectivity index (χ1v) is 10.8. The van der Waals surface area contributed by atoms with Crippen molar-refractivity contribution in [2.75, 3.05) is 0 Å². The molecule has 0 saturated carbocycles. The highest BCUT2D eigenvalue weighted by Gasteiger charge is 2.27. The second kappa shape index (κ2) is 7.77. The van der Waals surface area contributed by atoms with Crippen molar-refractivity contribution >= 4 is 16.1 Å². The van der Waals surface area contributed by atoms with Crippen molar-refractivity contribution in [3.8, 4) is 0 Å². The van der Waals surface area contributed by atoms with Crippen LogP contribution in [-0.2, 0) is 43.0 Å². The predicted octanol–water partition coefficient (Wildman–Crippen LogP) is 3.50. The maximum atomic E-state index is 13.1. The minimum atomic E-state index is -3.66. The van der Waals surface area contributed by atoms with E-state index in [-0.39, 0.29) is 13.1 Å². The van der Waals surface area contributed by atoms with Crippen LogP contribution in [0.25, 0.3) is 6.08 Å². The van der Waals surface area contributed by atoms with Gasteiger partial charge in [0.25, 0.3) is 0 Å². The Kier molecular flexibility index (Phi) is 5.19. The molecule has 3 aromatic rings. The molecular formula is C21H23N3O3S. The highest BCUT2D eigenvalue weighted by atomic mass is 32.2. The summed E-state index contributed by atoms with van der Waals surface area (Å²) in [4.78, 5) is 0. The fourth-order valence-corrected chi connectivity index (χ4v) is 4.73. The van der Waals surface area contributed by atoms with E-state index in [9.17, 15) is 8.42 Å². The molecule has 1 aromatic carbocycles. The van der Waals surface area contributed by atoms with Crippen molar-refractivity contribution in [1.29, 1.82) is 0 Å². The van der Waals surface area contributed by atoms with Gasteiger partial charge in [-0.3, -0.25) is 4.68 Å². The summed E-state index contributed by atoms with van der Waals surface area (Å²) in [5.74, 6) is 0.601. The SMILES string of the molecule is Cn1nc(CN(Cc2ccco2)S(=O)(=O)C=Cc2ccccc2)c2c1CCC2. The van der Waals surface area contributed by atoms with Gasteiger partial charge in [-0.05, 0) is 48.6 Å². The average Bonchev–Trinajstić information content (AvgIpc) is 3.42. The van der Waals surface area contributed by atoms with Crippen molar-refractivity contribution < 1.29 is 12.8 Å². The van der Waals surface area contributed by atoms with Gasteiger partial charge >= 0.3 is 0 Å². The third-order valence-corrected chi connectivity index (χ3v) is 6.49. The van der Waals surface area contributed by atoms with E-state index in [0.29, 0.717) is 5.76 Å². The molecule has 0 N–H and O–H groups in total. The van der Waals surface area contributed by atoms with E-state index >= 15 is 0 Å². The number of nitrogens with zero attached hydrogens (tertiary/aromatic N) is 3. The molecule has 0 aliphatic heterocycles. The van der Waals surface area contributed by atoms with Crippen molar-refractivity contribution in [1.82, 2.24) is 14.1 Å². The van der Waals surface area contributed by atoms with E-state index in [1.54, 1.807) is 24.5 Å². The number of rotatable bonds is 7. The van der Waals surface area contributed by atoms with Gasteiger partial charge in [0.2, 0.25) is 10.0 Å². The van der Waals surface area contributed by atoms with Crippen LogP contribution in [0.1, 0.15) is 34.7 Å². The van der Waals surface area contributed by atoms with E-state index < -0.39 is 10.0 Å². The molecule has 28 heavy (non-hydrogen) atoms. The quantitative estimate of drug-likeness (QED) is 0.612. The first-order chi connectivity index (χ1) is 13.5. The Bertz CT molecular complexity index is 1070. The molecule has 1 aliphatic carbocycles. The standard InChI is InChI=1S/C21H23N3O3S/c1-23-21-11-5-10-19(21)20(22-23)16-24(15-18-9-6-13-27-18)28(25,26)14-12-17-7-3-2-4-8-17/h2-4,6-9,12-14H,5,10-11,15-16H2,1H3. The number of benzene rings is 1. The lowest BCUT2D eigenvalue weighted by Gasteiger charge is -2.19. The first-order valence-electron chi connectivity index (χ1n) is 9.32. The molecule has 0 radical (unpaired) electrons.